The van der Waals surface area contributed by atoms with E-state index in [-0.39, 0.29) is 6.10 Å². The third kappa shape index (κ3) is 6.60. The van der Waals surface area contributed by atoms with Gasteiger partial charge in [-0.2, -0.15) is 0 Å². The normalized spacial score (nSPS) is 16.4. The number of hydrogen-bond donors (Lipinski definition) is 1. The summed E-state index contributed by atoms with van der Waals surface area (Å²) in [5.74, 6) is 1.26. The molecule has 0 saturated carbocycles. The first-order chi connectivity index (χ1) is 5.20. The predicted octanol–water partition coefficient (Wildman–Crippen LogP) is 1.49. The second-order valence-corrected chi connectivity index (χ2v) is 3.27. The van der Waals surface area contributed by atoms with E-state index < -0.39 is 0 Å². The van der Waals surface area contributed by atoms with Crippen molar-refractivity contribution in [2.75, 3.05) is 26.1 Å². The van der Waals surface area contributed by atoms with Crippen LogP contribution in [0.25, 0.3) is 0 Å². The van der Waals surface area contributed by atoms with Crippen molar-refractivity contribution in [3.05, 3.63) is 0 Å². The second-order valence-electron chi connectivity index (χ2n) is 2.96. The number of methoxy groups -OCH3 is 1. The maximum Gasteiger partial charge on any atom is 0.0667 e. The lowest BCUT2D eigenvalue weighted by Crippen LogP contribution is -2.30. The Morgan fingerprint density at radius 2 is 2.00 bits per heavy atom. The summed E-state index contributed by atoms with van der Waals surface area (Å²) in [4.78, 5) is 0. The zero-order chi connectivity index (χ0) is 8.69. The van der Waals surface area contributed by atoms with Crippen molar-refractivity contribution in [2.45, 2.75) is 20.0 Å². The molecule has 68 valence electrons. The van der Waals surface area contributed by atoms with E-state index in [1.54, 1.807) is 7.11 Å². The average Bonchev–Trinajstić information content (AvgIpc) is 2.04. The van der Waals surface area contributed by atoms with Crippen LogP contribution in [0.3, 0.4) is 0 Å². The Kier molecular flexibility index (Phi) is 7.02. The van der Waals surface area contributed by atoms with Crippen LogP contribution >= 0.6 is 11.6 Å². The lowest BCUT2D eigenvalue weighted by molar-refractivity contribution is 0.116. The van der Waals surface area contributed by atoms with Gasteiger partial charge in [0.1, 0.15) is 0 Å². The van der Waals surface area contributed by atoms with E-state index in [0.29, 0.717) is 11.8 Å². The topological polar surface area (TPSA) is 21.3 Å². The highest BCUT2D eigenvalue weighted by Gasteiger charge is 2.01. The number of nitrogens with one attached hydrogen (secondary N) is 1. The summed E-state index contributed by atoms with van der Waals surface area (Å²) in [5, 5.41) is 3.28. The Balaban J connectivity index is 3.13. The molecule has 0 saturated heterocycles. The average molecular weight is 180 g/mol. The van der Waals surface area contributed by atoms with E-state index >= 15 is 0 Å². The Morgan fingerprint density at radius 1 is 1.36 bits per heavy atom. The first kappa shape index (κ1) is 11.2. The lowest BCUT2D eigenvalue weighted by Gasteiger charge is -2.12. The SMILES string of the molecule is COC(C)CNCC(C)CCl. The fourth-order valence-electron chi connectivity index (χ4n) is 0.671. The summed E-state index contributed by atoms with van der Waals surface area (Å²) in [6.07, 6.45) is 0.289. The van der Waals surface area contributed by atoms with Gasteiger partial charge in [0, 0.05) is 19.5 Å². The molecule has 2 nitrogen and oxygen atoms in total. The standard InChI is InChI=1S/C8H18ClNO/c1-7(4-9)5-10-6-8(2)11-3/h7-8,10H,4-6H2,1-3H3. The van der Waals surface area contributed by atoms with Gasteiger partial charge in [-0.3, -0.25) is 0 Å². The van der Waals surface area contributed by atoms with Crippen LogP contribution in [0, 0.1) is 5.92 Å². The molecule has 0 aliphatic heterocycles. The van der Waals surface area contributed by atoms with E-state index in [9.17, 15) is 0 Å². The van der Waals surface area contributed by atoms with Gasteiger partial charge in [-0.05, 0) is 19.4 Å². The summed E-state index contributed by atoms with van der Waals surface area (Å²) >= 11 is 5.63. The minimum absolute atomic E-state index is 0.289. The van der Waals surface area contributed by atoms with Crippen LogP contribution in [0.15, 0.2) is 0 Å². The molecular formula is C8H18ClNO. The molecule has 0 rings (SSSR count). The molecular weight excluding hydrogens is 162 g/mol. The molecule has 0 aliphatic carbocycles. The summed E-state index contributed by atoms with van der Waals surface area (Å²) in [7, 11) is 1.72. The molecule has 0 heterocycles. The van der Waals surface area contributed by atoms with Crippen molar-refractivity contribution in [1.29, 1.82) is 0 Å². The summed E-state index contributed by atoms with van der Waals surface area (Å²) in [6.45, 7) is 6.03. The van der Waals surface area contributed by atoms with E-state index in [4.69, 9.17) is 16.3 Å². The number of alkyl halides is 1. The van der Waals surface area contributed by atoms with E-state index in [1.165, 1.54) is 0 Å². The van der Waals surface area contributed by atoms with Gasteiger partial charge >= 0.3 is 0 Å². The second kappa shape index (κ2) is 6.89. The Labute approximate surface area is 74.3 Å². The molecule has 3 heteroatoms. The van der Waals surface area contributed by atoms with E-state index in [1.807, 2.05) is 6.92 Å². The summed E-state index contributed by atoms with van der Waals surface area (Å²) in [6, 6.07) is 0. The molecule has 2 atom stereocenters. The van der Waals surface area contributed by atoms with E-state index in [0.717, 1.165) is 13.1 Å². The Bertz CT molecular complexity index is 80.2. The van der Waals surface area contributed by atoms with Crippen molar-refractivity contribution < 1.29 is 4.74 Å². The fourth-order valence-corrected chi connectivity index (χ4v) is 0.780. The first-order valence-electron chi connectivity index (χ1n) is 4.00. The van der Waals surface area contributed by atoms with E-state index in [2.05, 4.69) is 12.2 Å². The largest absolute Gasteiger partial charge is 0.380 e. The minimum atomic E-state index is 0.289. The van der Waals surface area contributed by atoms with Crippen LogP contribution in [-0.4, -0.2) is 32.2 Å². The van der Waals surface area contributed by atoms with Gasteiger partial charge in [0.25, 0.3) is 0 Å². The monoisotopic (exact) mass is 179 g/mol. The molecule has 1 N–H and O–H groups in total. The van der Waals surface area contributed by atoms with Crippen LogP contribution in [0.5, 0.6) is 0 Å². The van der Waals surface area contributed by atoms with Crippen LogP contribution < -0.4 is 5.32 Å². The molecule has 0 aromatic carbocycles. The number of hydrogen-bond acceptors (Lipinski definition) is 2. The molecule has 0 aromatic rings. The maximum absolute atomic E-state index is 5.63. The molecule has 0 aliphatic rings. The van der Waals surface area contributed by atoms with Crippen LogP contribution in [0.2, 0.25) is 0 Å². The quantitative estimate of drug-likeness (QED) is 0.624. The van der Waals surface area contributed by atoms with Gasteiger partial charge in [-0.1, -0.05) is 6.92 Å². The molecule has 11 heavy (non-hydrogen) atoms. The Hall–Kier alpha value is 0.210. The zero-order valence-corrected chi connectivity index (χ0v) is 8.32. The smallest absolute Gasteiger partial charge is 0.0667 e. The van der Waals surface area contributed by atoms with Crippen molar-refractivity contribution in [3.8, 4) is 0 Å². The lowest BCUT2D eigenvalue weighted by atomic mass is 10.2. The van der Waals surface area contributed by atoms with Gasteiger partial charge in [0.05, 0.1) is 6.10 Å². The fraction of sp³-hybridized carbons (Fsp3) is 1.00. The van der Waals surface area contributed by atoms with Crippen molar-refractivity contribution in [1.82, 2.24) is 5.32 Å². The number of halogens is 1. The summed E-state index contributed by atoms with van der Waals surface area (Å²) < 4.78 is 5.07. The van der Waals surface area contributed by atoms with Crippen molar-refractivity contribution in [3.63, 3.8) is 0 Å². The Morgan fingerprint density at radius 3 is 2.45 bits per heavy atom. The molecule has 0 bridgehead atoms. The first-order valence-corrected chi connectivity index (χ1v) is 4.53. The predicted molar refractivity (Wildman–Crippen MR) is 49.2 cm³/mol. The molecule has 2 unspecified atom stereocenters. The zero-order valence-electron chi connectivity index (χ0n) is 7.56. The van der Waals surface area contributed by atoms with Crippen LogP contribution in [0.1, 0.15) is 13.8 Å². The molecule has 0 spiro atoms. The van der Waals surface area contributed by atoms with Crippen molar-refractivity contribution in [2.24, 2.45) is 5.92 Å². The number of ether oxygens (including phenoxy) is 1. The van der Waals surface area contributed by atoms with Crippen molar-refractivity contribution >= 4 is 11.6 Å². The molecule has 0 amide bonds. The van der Waals surface area contributed by atoms with Crippen LogP contribution in [0.4, 0.5) is 0 Å². The van der Waals surface area contributed by atoms with Crippen LogP contribution in [-0.2, 0) is 4.74 Å². The maximum atomic E-state index is 5.63. The van der Waals surface area contributed by atoms with Gasteiger partial charge in [0.2, 0.25) is 0 Å². The highest BCUT2D eigenvalue weighted by molar-refractivity contribution is 6.18. The third-order valence-corrected chi connectivity index (χ3v) is 2.12. The highest BCUT2D eigenvalue weighted by Crippen LogP contribution is 1.95. The van der Waals surface area contributed by atoms with Gasteiger partial charge < -0.3 is 10.1 Å². The summed E-state index contributed by atoms with van der Waals surface area (Å²) in [5.41, 5.74) is 0. The van der Waals surface area contributed by atoms with Gasteiger partial charge in [-0.25, -0.2) is 0 Å². The molecule has 0 fully saturated rings. The third-order valence-electron chi connectivity index (χ3n) is 1.59. The highest BCUT2D eigenvalue weighted by atomic mass is 35.5. The number of rotatable bonds is 6. The minimum Gasteiger partial charge on any atom is -0.380 e. The molecule has 0 radical (unpaired) electrons. The van der Waals surface area contributed by atoms with Gasteiger partial charge in [0.15, 0.2) is 0 Å². The van der Waals surface area contributed by atoms with Gasteiger partial charge in [-0.15, -0.1) is 11.6 Å². The molecule has 0 aromatic heterocycles.